The Bertz CT molecular complexity index is 659. The van der Waals surface area contributed by atoms with Gasteiger partial charge < -0.3 is 14.4 Å². The van der Waals surface area contributed by atoms with Gasteiger partial charge in [0.25, 0.3) is 0 Å². The van der Waals surface area contributed by atoms with Gasteiger partial charge in [-0.1, -0.05) is 6.07 Å². The van der Waals surface area contributed by atoms with Crippen molar-refractivity contribution in [1.29, 1.82) is 0 Å². The van der Waals surface area contributed by atoms with Gasteiger partial charge in [-0.05, 0) is 35.6 Å². The fourth-order valence-electron chi connectivity index (χ4n) is 2.84. The van der Waals surface area contributed by atoms with E-state index in [1.165, 1.54) is 10.4 Å². The number of nitrogens with zero attached hydrogens (tertiary/aromatic N) is 2. The van der Waals surface area contributed by atoms with Crippen LogP contribution in [0.4, 0.5) is 0 Å². The van der Waals surface area contributed by atoms with E-state index in [9.17, 15) is 4.79 Å². The van der Waals surface area contributed by atoms with E-state index >= 15 is 0 Å². The molecule has 6 heteroatoms. The molecular weight excluding hydrogens is 324 g/mol. The van der Waals surface area contributed by atoms with E-state index in [1.807, 2.05) is 18.2 Å². The summed E-state index contributed by atoms with van der Waals surface area (Å²) in [5, 5.41) is 2.08. The normalized spacial score (nSPS) is 16.6. The Kier molecular flexibility index (Phi) is 5.96. The average Bonchev–Trinajstić information content (AvgIpc) is 3.09. The quantitative estimate of drug-likeness (QED) is 0.774. The minimum Gasteiger partial charge on any atom is -0.383 e. The molecule has 0 fully saturated rings. The number of carbonyl (C=O) groups is 1. The molecule has 0 radical (unpaired) electrons. The molecule has 0 saturated carbocycles. The first-order valence-electron chi connectivity index (χ1n) is 8.12. The van der Waals surface area contributed by atoms with Crippen LogP contribution in [0, 0.1) is 0 Å². The summed E-state index contributed by atoms with van der Waals surface area (Å²) >= 11 is 1.68. The van der Waals surface area contributed by atoms with Crippen molar-refractivity contribution in [3.05, 3.63) is 52.0 Å². The summed E-state index contributed by atoms with van der Waals surface area (Å²) in [6.07, 6.45) is 2.92. The Morgan fingerprint density at radius 3 is 3.17 bits per heavy atom. The molecular formula is C18H22N2O3S. The second-order valence-corrected chi connectivity index (χ2v) is 6.70. The number of pyridine rings is 1. The van der Waals surface area contributed by atoms with Gasteiger partial charge in [0.1, 0.15) is 6.10 Å². The predicted molar refractivity (Wildman–Crippen MR) is 92.9 cm³/mol. The van der Waals surface area contributed by atoms with Gasteiger partial charge in [0.2, 0.25) is 5.91 Å². The highest BCUT2D eigenvalue weighted by molar-refractivity contribution is 7.10. The molecule has 2 aromatic rings. The molecule has 0 saturated heterocycles. The lowest BCUT2D eigenvalue weighted by atomic mass is 10.0. The van der Waals surface area contributed by atoms with Gasteiger partial charge in [-0.25, -0.2) is 0 Å². The van der Waals surface area contributed by atoms with E-state index in [0.717, 1.165) is 12.1 Å². The molecule has 2 aromatic heterocycles. The van der Waals surface area contributed by atoms with Gasteiger partial charge in [-0.3, -0.25) is 9.78 Å². The number of ether oxygens (including phenoxy) is 2. The number of thiophene rings is 1. The number of hydrogen-bond donors (Lipinski definition) is 0. The number of rotatable bonds is 7. The fraction of sp³-hybridized carbons (Fsp3) is 0.444. The van der Waals surface area contributed by atoms with Gasteiger partial charge in [-0.2, -0.15) is 0 Å². The second kappa shape index (κ2) is 8.37. The third-order valence-corrected chi connectivity index (χ3v) is 5.17. The Morgan fingerprint density at radius 1 is 1.46 bits per heavy atom. The summed E-state index contributed by atoms with van der Waals surface area (Å²) < 4.78 is 11.0. The van der Waals surface area contributed by atoms with Crippen molar-refractivity contribution < 1.29 is 14.3 Å². The topological polar surface area (TPSA) is 51.7 Å². The van der Waals surface area contributed by atoms with Crippen LogP contribution in [0.2, 0.25) is 0 Å². The lowest BCUT2D eigenvalue weighted by Gasteiger charge is -2.27. The Hall–Kier alpha value is -1.76. The lowest BCUT2D eigenvalue weighted by molar-refractivity contribution is -0.136. The van der Waals surface area contributed by atoms with Crippen LogP contribution >= 0.6 is 11.3 Å². The van der Waals surface area contributed by atoms with Crippen molar-refractivity contribution in [1.82, 2.24) is 9.88 Å². The number of aromatic nitrogens is 1. The molecule has 3 heterocycles. The summed E-state index contributed by atoms with van der Waals surface area (Å²) in [5.74, 6) is 0.0731. The summed E-state index contributed by atoms with van der Waals surface area (Å²) in [4.78, 5) is 20.1. The van der Waals surface area contributed by atoms with Crippen molar-refractivity contribution >= 4 is 17.2 Å². The molecule has 1 aliphatic heterocycles. The molecule has 0 unspecified atom stereocenters. The largest absolute Gasteiger partial charge is 0.383 e. The van der Waals surface area contributed by atoms with Gasteiger partial charge in [-0.15, -0.1) is 11.3 Å². The molecule has 1 amide bonds. The standard InChI is InChI=1S/C18H22N2O3S/c1-22-10-8-20(13-15-4-2-3-7-19-15)17(21)12-16-18-14(5-9-23-16)6-11-24-18/h2-4,6-7,11,16H,5,8-10,12-13H2,1H3/t16-/m1/s1. The summed E-state index contributed by atoms with van der Waals surface area (Å²) in [7, 11) is 1.64. The SMILES string of the molecule is COCCN(Cc1ccccn1)C(=O)C[C@H]1OCCc2ccsc21. The van der Waals surface area contributed by atoms with Crippen LogP contribution in [0.15, 0.2) is 35.8 Å². The van der Waals surface area contributed by atoms with Crippen molar-refractivity contribution in [3.63, 3.8) is 0 Å². The van der Waals surface area contributed by atoms with Gasteiger partial charge in [0.05, 0.1) is 31.9 Å². The zero-order chi connectivity index (χ0) is 16.8. The Labute approximate surface area is 146 Å². The Morgan fingerprint density at radius 2 is 2.38 bits per heavy atom. The molecule has 5 nitrogen and oxygen atoms in total. The van der Waals surface area contributed by atoms with Crippen LogP contribution in [-0.2, 0) is 27.2 Å². The highest BCUT2D eigenvalue weighted by atomic mass is 32.1. The lowest BCUT2D eigenvalue weighted by Crippen LogP contribution is -2.35. The molecule has 0 aliphatic carbocycles. The maximum absolute atomic E-state index is 12.8. The first kappa shape index (κ1) is 17.1. The third-order valence-electron chi connectivity index (χ3n) is 4.12. The molecule has 0 spiro atoms. The monoisotopic (exact) mass is 346 g/mol. The smallest absolute Gasteiger partial charge is 0.226 e. The Balaban J connectivity index is 1.67. The molecule has 128 valence electrons. The molecule has 0 aromatic carbocycles. The van der Waals surface area contributed by atoms with Crippen molar-refractivity contribution in [3.8, 4) is 0 Å². The number of amides is 1. The van der Waals surface area contributed by atoms with Crippen LogP contribution < -0.4 is 0 Å². The highest BCUT2D eigenvalue weighted by Gasteiger charge is 2.27. The van der Waals surface area contributed by atoms with Crippen LogP contribution in [0.25, 0.3) is 0 Å². The van der Waals surface area contributed by atoms with Crippen LogP contribution in [0.3, 0.4) is 0 Å². The molecule has 1 atom stereocenters. The van der Waals surface area contributed by atoms with E-state index in [-0.39, 0.29) is 12.0 Å². The van der Waals surface area contributed by atoms with E-state index in [1.54, 1.807) is 29.5 Å². The van der Waals surface area contributed by atoms with Crippen LogP contribution in [0.1, 0.15) is 28.7 Å². The van der Waals surface area contributed by atoms with Gasteiger partial charge >= 0.3 is 0 Å². The first-order chi connectivity index (χ1) is 11.8. The molecule has 24 heavy (non-hydrogen) atoms. The fourth-order valence-corrected chi connectivity index (χ4v) is 3.85. The first-order valence-corrected chi connectivity index (χ1v) is 9.00. The van der Waals surface area contributed by atoms with Crippen molar-refractivity contribution in [2.45, 2.75) is 25.5 Å². The zero-order valence-corrected chi connectivity index (χ0v) is 14.6. The van der Waals surface area contributed by atoms with Crippen molar-refractivity contribution in [2.24, 2.45) is 0 Å². The minimum absolute atomic E-state index is 0.0731. The molecule has 0 N–H and O–H groups in total. The van der Waals surface area contributed by atoms with Crippen LogP contribution in [-0.4, -0.2) is 42.7 Å². The maximum Gasteiger partial charge on any atom is 0.226 e. The predicted octanol–water partition coefficient (Wildman–Crippen LogP) is 2.82. The third kappa shape index (κ3) is 4.20. The summed E-state index contributed by atoms with van der Waals surface area (Å²) in [6, 6.07) is 7.88. The number of fused-ring (bicyclic) bond motifs is 1. The zero-order valence-electron chi connectivity index (χ0n) is 13.8. The van der Waals surface area contributed by atoms with E-state index in [4.69, 9.17) is 9.47 Å². The van der Waals surface area contributed by atoms with E-state index in [0.29, 0.717) is 32.7 Å². The highest BCUT2D eigenvalue weighted by Crippen LogP contribution is 2.34. The number of methoxy groups -OCH3 is 1. The van der Waals surface area contributed by atoms with Crippen molar-refractivity contribution in [2.75, 3.05) is 26.9 Å². The molecule has 1 aliphatic rings. The minimum atomic E-state index is -0.130. The molecule has 3 rings (SSSR count). The van der Waals surface area contributed by atoms with Gasteiger partial charge in [0.15, 0.2) is 0 Å². The summed E-state index contributed by atoms with van der Waals surface area (Å²) in [5.41, 5.74) is 2.19. The van der Waals surface area contributed by atoms with Crippen LogP contribution in [0.5, 0.6) is 0 Å². The molecule has 0 bridgehead atoms. The average molecular weight is 346 g/mol. The summed E-state index contributed by atoms with van der Waals surface area (Å²) in [6.45, 7) is 2.23. The van der Waals surface area contributed by atoms with E-state index < -0.39 is 0 Å². The van der Waals surface area contributed by atoms with Gasteiger partial charge in [0, 0.05) is 24.7 Å². The number of carbonyl (C=O) groups excluding carboxylic acids is 1. The number of hydrogen-bond acceptors (Lipinski definition) is 5. The second-order valence-electron chi connectivity index (χ2n) is 5.75. The maximum atomic E-state index is 12.8. The van der Waals surface area contributed by atoms with E-state index in [2.05, 4.69) is 16.4 Å².